The highest BCUT2D eigenvalue weighted by molar-refractivity contribution is 5.99. The number of H-pyrrole nitrogens is 1. The molecule has 2 aliphatic rings. The molecule has 4 aromatic rings. The normalized spacial score (nSPS) is 18.0. The summed E-state index contributed by atoms with van der Waals surface area (Å²) in [6.07, 6.45) is 0. The Kier molecular flexibility index (Phi) is 5.38. The van der Waals surface area contributed by atoms with Gasteiger partial charge in [0.15, 0.2) is 11.5 Å². The second-order valence-corrected chi connectivity index (χ2v) is 8.80. The van der Waals surface area contributed by atoms with E-state index in [1.165, 1.54) is 6.07 Å². The quantitative estimate of drug-likeness (QED) is 0.337. The summed E-state index contributed by atoms with van der Waals surface area (Å²) in [6.45, 7) is 1.29. The number of ether oxygens (including phenoxy) is 2. The van der Waals surface area contributed by atoms with E-state index in [2.05, 4.69) is 20.6 Å². The summed E-state index contributed by atoms with van der Waals surface area (Å²) in [7, 11) is 0. The van der Waals surface area contributed by atoms with Crippen LogP contribution in [0.3, 0.4) is 0 Å². The molecule has 10 heteroatoms. The number of aromatic nitrogens is 2. The molecule has 0 radical (unpaired) electrons. The lowest BCUT2D eigenvalue weighted by atomic mass is 9.77. The monoisotopic (exact) mass is 495 g/mol. The minimum atomic E-state index is -1.23. The van der Waals surface area contributed by atoms with Gasteiger partial charge in [-0.3, -0.25) is 14.6 Å². The second kappa shape index (κ2) is 8.87. The molecule has 6 rings (SSSR count). The number of rotatable bonds is 4. The highest BCUT2D eigenvalue weighted by Crippen LogP contribution is 2.44. The van der Waals surface area contributed by atoms with Crippen LogP contribution in [0.1, 0.15) is 22.6 Å². The number of fused-ring (bicyclic) bond motifs is 3. The van der Waals surface area contributed by atoms with Crippen molar-refractivity contribution in [1.29, 1.82) is 5.26 Å². The zero-order valence-electron chi connectivity index (χ0n) is 19.4. The number of carbonyl (C=O) groups excluding carboxylic acids is 1. The summed E-state index contributed by atoms with van der Waals surface area (Å²) in [5.74, 6) is -1.44. The van der Waals surface area contributed by atoms with Crippen molar-refractivity contribution in [3.8, 4) is 23.3 Å². The van der Waals surface area contributed by atoms with Crippen LogP contribution in [0.15, 0.2) is 59.4 Å². The number of nitriles is 1. The highest BCUT2D eigenvalue weighted by Gasteiger charge is 2.42. The van der Waals surface area contributed by atoms with Crippen LogP contribution >= 0.6 is 0 Å². The Morgan fingerprint density at radius 3 is 2.70 bits per heavy atom. The van der Waals surface area contributed by atoms with Crippen molar-refractivity contribution in [2.75, 3.05) is 23.8 Å². The molecule has 1 aromatic heterocycles. The molecule has 10 nitrogen and oxygen atoms in total. The largest absolute Gasteiger partial charge is 0.508 e. The van der Waals surface area contributed by atoms with Gasteiger partial charge in [-0.25, -0.2) is 0 Å². The lowest BCUT2D eigenvalue weighted by Crippen LogP contribution is -2.38. The molecular weight excluding hydrogens is 474 g/mol. The number of benzene rings is 3. The maximum absolute atomic E-state index is 13.4. The fourth-order valence-electron chi connectivity index (χ4n) is 4.90. The van der Waals surface area contributed by atoms with E-state index in [0.717, 1.165) is 10.9 Å². The number of nitrogens with zero attached hydrogens (tertiary/aromatic N) is 2. The van der Waals surface area contributed by atoms with Gasteiger partial charge in [-0.2, -0.15) is 10.2 Å². The van der Waals surface area contributed by atoms with Gasteiger partial charge in [-0.1, -0.05) is 36.4 Å². The Labute approximate surface area is 210 Å². The van der Waals surface area contributed by atoms with Gasteiger partial charge < -0.3 is 25.2 Å². The lowest BCUT2D eigenvalue weighted by Gasteiger charge is -2.29. The molecule has 2 aliphatic heterocycles. The number of anilines is 2. The van der Waals surface area contributed by atoms with Crippen LogP contribution in [0.25, 0.3) is 10.8 Å². The molecule has 184 valence electrons. The summed E-state index contributed by atoms with van der Waals surface area (Å²) in [6, 6.07) is 18.1. The molecule has 2 unspecified atom stereocenters. The van der Waals surface area contributed by atoms with Gasteiger partial charge in [0.1, 0.15) is 30.7 Å². The van der Waals surface area contributed by atoms with Crippen LogP contribution in [0.4, 0.5) is 11.8 Å². The average Bonchev–Trinajstić information content (AvgIpc) is 2.91. The molecule has 1 amide bonds. The molecule has 0 fully saturated rings. The summed E-state index contributed by atoms with van der Waals surface area (Å²) >= 11 is 0. The second-order valence-electron chi connectivity index (χ2n) is 8.80. The first-order chi connectivity index (χ1) is 18.0. The Hall–Kier alpha value is -5.04. The van der Waals surface area contributed by atoms with E-state index >= 15 is 0 Å². The Morgan fingerprint density at radius 1 is 1.05 bits per heavy atom. The molecule has 2 atom stereocenters. The molecule has 0 saturated carbocycles. The van der Waals surface area contributed by atoms with Crippen molar-refractivity contribution >= 4 is 28.4 Å². The lowest BCUT2D eigenvalue weighted by molar-refractivity contribution is -0.119. The molecule has 0 aliphatic carbocycles. The molecule has 0 bridgehead atoms. The molecular formula is C27H21N5O5. The number of aromatic hydroxyl groups is 1. The van der Waals surface area contributed by atoms with Crippen LogP contribution < -0.4 is 25.7 Å². The SMILES string of the molecule is N#CC1C(=O)Nc2nc(NCc3ccc4c(c3)OCCO4)[nH]c(=O)c2C1c1c(O)ccc2ccccc12. The molecule has 3 heterocycles. The van der Waals surface area contributed by atoms with Crippen LogP contribution in [-0.2, 0) is 11.3 Å². The smallest absolute Gasteiger partial charge is 0.258 e. The number of carbonyl (C=O) groups is 1. The van der Waals surface area contributed by atoms with Crippen molar-refractivity contribution in [2.45, 2.75) is 12.5 Å². The van der Waals surface area contributed by atoms with Crippen LogP contribution in [-0.4, -0.2) is 34.2 Å². The highest BCUT2D eigenvalue weighted by atomic mass is 16.6. The molecule has 0 saturated heterocycles. The third-order valence-electron chi connectivity index (χ3n) is 6.59. The minimum absolute atomic E-state index is 0.0438. The zero-order valence-corrected chi connectivity index (χ0v) is 19.4. The number of aromatic amines is 1. The first kappa shape index (κ1) is 22.4. The van der Waals surface area contributed by atoms with E-state index in [-0.39, 0.29) is 23.1 Å². The molecule has 37 heavy (non-hydrogen) atoms. The summed E-state index contributed by atoms with van der Waals surface area (Å²) in [5, 5.41) is 27.8. The van der Waals surface area contributed by atoms with E-state index in [9.17, 15) is 20.0 Å². The average molecular weight is 495 g/mol. The van der Waals surface area contributed by atoms with E-state index in [4.69, 9.17) is 9.47 Å². The van der Waals surface area contributed by atoms with E-state index in [1.54, 1.807) is 18.2 Å². The predicted octanol–water partition coefficient (Wildman–Crippen LogP) is 3.24. The Morgan fingerprint density at radius 2 is 1.86 bits per heavy atom. The summed E-state index contributed by atoms with van der Waals surface area (Å²) < 4.78 is 11.2. The van der Waals surface area contributed by atoms with E-state index < -0.39 is 23.3 Å². The topological polar surface area (TPSA) is 149 Å². The maximum Gasteiger partial charge on any atom is 0.258 e. The number of phenolic OH excluding ortho intramolecular Hbond substituents is 1. The number of amides is 1. The summed E-state index contributed by atoms with van der Waals surface area (Å²) in [4.78, 5) is 33.5. The number of hydrogen-bond donors (Lipinski definition) is 4. The molecule has 3 aromatic carbocycles. The molecule has 0 spiro atoms. The molecule has 4 N–H and O–H groups in total. The van der Waals surface area contributed by atoms with Crippen molar-refractivity contribution in [3.63, 3.8) is 0 Å². The first-order valence-corrected chi connectivity index (χ1v) is 11.7. The maximum atomic E-state index is 13.4. The zero-order chi connectivity index (χ0) is 25.5. The van der Waals surface area contributed by atoms with Crippen molar-refractivity contribution < 1.29 is 19.4 Å². The van der Waals surface area contributed by atoms with Gasteiger partial charge in [-0.05, 0) is 34.5 Å². The van der Waals surface area contributed by atoms with Crippen LogP contribution in [0, 0.1) is 17.2 Å². The Balaban J connectivity index is 1.39. The standard InChI is InChI=1S/C27H21N5O5/c28-12-17-22(21-16-4-2-1-3-15(16)6-7-18(21)33)23-24(30-25(17)34)31-27(32-26(23)35)29-13-14-5-8-19-20(11-14)37-10-9-36-19/h1-8,11,17,22,33H,9-10,13H2,(H3,29,30,31,32,34,35). The van der Waals surface area contributed by atoms with Crippen molar-refractivity contribution in [3.05, 3.63) is 81.6 Å². The van der Waals surface area contributed by atoms with Gasteiger partial charge in [0.2, 0.25) is 11.9 Å². The Bertz CT molecular complexity index is 1660. The van der Waals surface area contributed by atoms with E-state index in [1.807, 2.05) is 36.4 Å². The van der Waals surface area contributed by atoms with Gasteiger partial charge in [0, 0.05) is 18.0 Å². The van der Waals surface area contributed by atoms with Crippen molar-refractivity contribution in [2.24, 2.45) is 5.92 Å². The fourth-order valence-corrected chi connectivity index (χ4v) is 4.90. The van der Waals surface area contributed by atoms with Gasteiger partial charge in [0.25, 0.3) is 5.56 Å². The van der Waals surface area contributed by atoms with E-state index in [0.29, 0.717) is 42.2 Å². The number of nitrogens with one attached hydrogen (secondary N) is 3. The van der Waals surface area contributed by atoms with Gasteiger partial charge >= 0.3 is 0 Å². The van der Waals surface area contributed by atoms with Crippen molar-refractivity contribution in [1.82, 2.24) is 9.97 Å². The summed E-state index contributed by atoms with van der Waals surface area (Å²) in [5.41, 5.74) is 0.803. The number of hydrogen-bond acceptors (Lipinski definition) is 8. The van der Waals surface area contributed by atoms with Crippen LogP contribution in [0.5, 0.6) is 17.2 Å². The predicted molar refractivity (Wildman–Crippen MR) is 135 cm³/mol. The van der Waals surface area contributed by atoms with Crippen LogP contribution in [0.2, 0.25) is 0 Å². The number of phenols is 1. The third kappa shape index (κ3) is 3.87. The van der Waals surface area contributed by atoms with Gasteiger partial charge in [0.05, 0.1) is 11.6 Å². The third-order valence-corrected chi connectivity index (χ3v) is 6.59. The minimum Gasteiger partial charge on any atom is -0.508 e. The fraction of sp³-hybridized carbons (Fsp3) is 0.185. The van der Waals surface area contributed by atoms with Gasteiger partial charge in [-0.15, -0.1) is 0 Å². The first-order valence-electron chi connectivity index (χ1n) is 11.7.